The number of hydrogen-bond donors (Lipinski definition) is 2. The lowest BCUT2D eigenvalue weighted by molar-refractivity contribution is -0.149. The minimum atomic E-state index is -0.815. The molecular weight excluding hydrogens is 364 g/mol. The molecule has 1 aromatic carbocycles. The van der Waals surface area contributed by atoms with Gasteiger partial charge in [0.15, 0.2) is 0 Å². The highest BCUT2D eigenvalue weighted by Crippen LogP contribution is 2.49. The zero-order valence-corrected chi connectivity index (χ0v) is 15.5. The first-order chi connectivity index (χ1) is 13.0. The molecular formula is C20H20N2O4S. The summed E-state index contributed by atoms with van der Waals surface area (Å²) < 4.78 is 0. The van der Waals surface area contributed by atoms with Crippen LogP contribution in [0.2, 0.25) is 0 Å². The second-order valence-electron chi connectivity index (χ2n) is 7.25. The molecule has 140 valence electrons. The van der Waals surface area contributed by atoms with E-state index >= 15 is 0 Å². The predicted molar refractivity (Wildman–Crippen MR) is 102 cm³/mol. The molecule has 0 spiro atoms. The topological polar surface area (TPSA) is 86.7 Å². The van der Waals surface area contributed by atoms with Crippen LogP contribution < -0.4 is 5.32 Å². The number of amides is 2. The number of carbonyl (C=O) groups is 3. The fourth-order valence-corrected chi connectivity index (χ4v) is 4.97. The molecule has 0 bridgehead atoms. The van der Waals surface area contributed by atoms with Crippen LogP contribution in [0.15, 0.2) is 41.1 Å². The second kappa shape index (κ2) is 6.81. The summed E-state index contributed by atoms with van der Waals surface area (Å²) in [4.78, 5) is 39.0. The molecule has 0 radical (unpaired) electrons. The summed E-state index contributed by atoms with van der Waals surface area (Å²) in [7, 11) is 0. The van der Waals surface area contributed by atoms with Crippen molar-refractivity contribution in [1.82, 2.24) is 4.90 Å². The van der Waals surface area contributed by atoms with Gasteiger partial charge in [-0.1, -0.05) is 18.6 Å². The lowest BCUT2D eigenvalue weighted by atomic mass is 9.81. The van der Waals surface area contributed by atoms with Gasteiger partial charge in [0.25, 0.3) is 11.8 Å². The van der Waals surface area contributed by atoms with E-state index in [0.717, 1.165) is 12.8 Å². The maximum atomic E-state index is 13.1. The molecule has 2 fully saturated rings. The highest BCUT2D eigenvalue weighted by atomic mass is 32.1. The summed E-state index contributed by atoms with van der Waals surface area (Å²) in [6.45, 7) is 0.691. The van der Waals surface area contributed by atoms with Crippen LogP contribution in [0.25, 0.3) is 0 Å². The Bertz CT molecular complexity index is 895. The van der Waals surface area contributed by atoms with E-state index in [9.17, 15) is 19.5 Å². The van der Waals surface area contributed by atoms with Gasteiger partial charge >= 0.3 is 5.97 Å². The maximum Gasteiger partial charge on any atom is 0.311 e. The highest BCUT2D eigenvalue weighted by molar-refractivity contribution is 7.08. The number of carbonyl (C=O) groups excluding carboxylic acids is 2. The predicted octanol–water partition coefficient (Wildman–Crippen LogP) is 3.33. The number of para-hydroxylation sites is 1. The minimum Gasteiger partial charge on any atom is -0.481 e. The molecule has 4 rings (SSSR count). The van der Waals surface area contributed by atoms with Crippen molar-refractivity contribution in [2.45, 2.75) is 19.3 Å². The van der Waals surface area contributed by atoms with Crippen LogP contribution in [0.4, 0.5) is 5.69 Å². The summed E-state index contributed by atoms with van der Waals surface area (Å²) >= 11 is 1.43. The van der Waals surface area contributed by atoms with Crippen LogP contribution in [0.5, 0.6) is 0 Å². The zero-order valence-electron chi connectivity index (χ0n) is 14.7. The normalized spacial score (nSPS) is 23.9. The van der Waals surface area contributed by atoms with Gasteiger partial charge in [-0.15, -0.1) is 0 Å². The Kier molecular flexibility index (Phi) is 4.47. The van der Waals surface area contributed by atoms with Gasteiger partial charge in [-0.05, 0) is 42.3 Å². The molecule has 0 unspecified atom stereocenters. The molecule has 2 N–H and O–H groups in total. The number of aliphatic carboxylic acids is 1. The van der Waals surface area contributed by atoms with E-state index in [1.54, 1.807) is 40.6 Å². The van der Waals surface area contributed by atoms with Crippen molar-refractivity contribution in [3.63, 3.8) is 0 Å². The summed E-state index contributed by atoms with van der Waals surface area (Å²) in [5.41, 5.74) is 0.564. The number of rotatable bonds is 4. The third-order valence-electron chi connectivity index (χ3n) is 5.77. The van der Waals surface area contributed by atoms with Gasteiger partial charge in [0.2, 0.25) is 0 Å². The summed E-state index contributed by atoms with van der Waals surface area (Å²) in [5.74, 6) is -1.30. The van der Waals surface area contributed by atoms with Gasteiger partial charge < -0.3 is 15.3 Å². The number of carboxylic acids is 1. The fourth-order valence-electron chi connectivity index (χ4n) is 4.33. The number of nitrogens with zero attached hydrogens (tertiary/aromatic N) is 1. The first-order valence-corrected chi connectivity index (χ1v) is 9.91. The summed E-state index contributed by atoms with van der Waals surface area (Å²) in [6.07, 6.45) is 2.35. The Morgan fingerprint density at radius 2 is 2.04 bits per heavy atom. The Morgan fingerprint density at radius 3 is 2.74 bits per heavy atom. The first kappa shape index (κ1) is 17.7. The molecule has 2 atom stereocenters. The highest BCUT2D eigenvalue weighted by Gasteiger charge is 2.55. The van der Waals surface area contributed by atoms with Crippen molar-refractivity contribution in [3.8, 4) is 0 Å². The standard InChI is InChI=1S/C20H20N2O4S/c23-17(13-7-9-27-11-13)21-16-6-2-1-5-15(16)18(24)22-10-14-4-3-8-20(14,12-22)19(25)26/h1-2,5-7,9,11,14H,3-4,8,10,12H2,(H,21,23)(H,25,26)/t14-,20+/m0/s1. The third kappa shape index (κ3) is 3.02. The first-order valence-electron chi connectivity index (χ1n) is 8.96. The Hall–Kier alpha value is -2.67. The molecule has 2 aliphatic rings. The smallest absolute Gasteiger partial charge is 0.311 e. The number of likely N-dealkylation sites (tertiary alicyclic amines) is 1. The van der Waals surface area contributed by atoms with Crippen LogP contribution in [0.1, 0.15) is 40.0 Å². The van der Waals surface area contributed by atoms with E-state index in [1.807, 2.05) is 5.38 Å². The quantitative estimate of drug-likeness (QED) is 0.847. The Labute approximate surface area is 160 Å². The van der Waals surface area contributed by atoms with Crippen molar-refractivity contribution < 1.29 is 19.5 Å². The number of hydrogen-bond acceptors (Lipinski definition) is 4. The van der Waals surface area contributed by atoms with E-state index in [-0.39, 0.29) is 24.3 Å². The number of fused-ring (bicyclic) bond motifs is 1. The largest absolute Gasteiger partial charge is 0.481 e. The Morgan fingerprint density at radius 1 is 1.22 bits per heavy atom. The molecule has 7 heteroatoms. The van der Waals surface area contributed by atoms with Crippen molar-refractivity contribution in [2.24, 2.45) is 11.3 Å². The molecule has 1 saturated heterocycles. The average molecular weight is 384 g/mol. The van der Waals surface area contributed by atoms with Crippen molar-refractivity contribution >= 4 is 34.8 Å². The fraction of sp³-hybridized carbons (Fsp3) is 0.350. The molecule has 1 aromatic heterocycles. The van der Waals surface area contributed by atoms with E-state index in [0.29, 0.717) is 29.8 Å². The minimum absolute atomic E-state index is 0.00603. The van der Waals surface area contributed by atoms with E-state index < -0.39 is 11.4 Å². The number of anilines is 1. The lowest BCUT2D eigenvalue weighted by Gasteiger charge is -2.23. The number of benzene rings is 1. The summed E-state index contributed by atoms with van der Waals surface area (Å²) in [6, 6.07) is 8.60. The van der Waals surface area contributed by atoms with Gasteiger partial charge in [0.1, 0.15) is 0 Å². The van der Waals surface area contributed by atoms with E-state index in [1.165, 1.54) is 11.3 Å². The molecule has 2 amide bonds. The van der Waals surface area contributed by atoms with Crippen LogP contribution in [-0.4, -0.2) is 40.9 Å². The SMILES string of the molecule is O=C(Nc1ccccc1C(=O)N1C[C@@H]2CCC[C@@]2(C(=O)O)C1)c1ccsc1. The second-order valence-corrected chi connectivity index (χ2v) is 8.03. The summed E-state index contributed by atoms with van der Waals surface area (Å²) in [5, 5.41) is 16.1. The molecule has 1 aliphatic carbocycles. The zero-order chi connectivity index (χ0) is 19.0. The van der Waals surface area contributed by atoms with E-state index in [2.05, 4.69) is 5.32 Å². The monoisotopic (exact) mass is 384 g/mol. The Balaban J connectivity index is 1.57. The van der Waals surface area contributed by atoms with Gasteiger partial charge in [-0.3, -0.25) is 14.4 Å². The molecule has 27 heavy (non-hydrogen) atoms. The molecule has 1 aliphatic heterocycles. The van der Waals surface area contributed by atoms with Gasteiger partial charge in [-0.25, -0.2) is 0 Å². The van der Waals surface area contributed by atoms with Crippen LogP contribution >= 0.6 is 11.3 Å². The van der Waals surface area contributed by atoms with Crippen molar-refractivity contribution in [1.29, 1.82) is 0 Å². The van der Waals surface area contributed by atoms with E-state index in [4.69, 9.17) is 0 Å². The third-order valence-corrected chi connectivity index (χ3v) is 6.46. The van der Waals surface area contributed by atoms with Crippen molar-refractivity contribution in [2.75, 3.05) is 18.4 Å². The lowest BCUT2D eigenvalue weighted by Crippen LogP contribution is -2.37. The van der Waals surface area contributed by atoms with Gasteiger partial charge in [0, 0.05) is 18.5 Å². The van der Waals surface area contributed by atoms with Gasteiger partial charge in [-0.2, -0.15) is 11.3 Å². The van der Waals surface area contributed by atoms with Crippen molar-refractivity contribution in [3.05, 3.63) is 52.2 Å². The number of thiophene rings is 1. The molecule has 2 heterocycles. The number of nitrogens with one attached hydrogen (secondary N) is 1. The molecule has 6 nitrogen and oxygen atoms in total. The maximum absolute atomic E-state index is 13.1. The number of carboxylic acid groups (broad SMARTS) is 1. The van der Waals surface area contributed by atoms with Crippen LogP contribution in [0, 0.1) is 11.3 Å². The van der Waals surface area contributed by atoms with Gasteiger partial charge in [0.05, 0.1) is 22.2 Å². The molecule has 2 aromatic rings. The van der Waals surface area contributed by atoms with Crippen LogP contribution in [0.3, 0.4) is 0 Å². The molecule has 1 saturated carbocycles. The average Bonchev–Trinajstić information content (AvgIpc) is 3.37. The van der Waals surface area contributed by atoms with Crippen LogP contribution in [-0.2, 0) is 4.79 Å².